The summed E-state index contributed by atoms with van der Waals surface area (Å²) < 4.78 is 23.6. The Bertz CT molecular complexity index is 366. The Labute approximate surface area is 114 Å². The SMILES string of the molecule is COCCN(CCOC)Cc1cc(F)cc(CN)c1. The monoisotopic (exact) mass is 270 g/mol. The van der Waals surface area contributed by atoms with Crippen LogP contribution in [0.15, 0.2) is 18.2 Å². The molecule has 0 aliphatic carbocycles. The highest BCUT2D eigenvalue weighted by Gasteiger charge is 2.07. The molecule has 1 rings (SSSR count). The van der Waals surface area contributed by atoms with Crippen LogP contribution in [0.3, 0.4) is 0 Å². The van der Waals surface area contributed by atoms with E-state index in [4.69, 9.17) is 15.2 Å². The Morgan fingerprint density at radius 3 is 2.16 bits per heavy atom. The normalized spacial score (nSPS) is 11.2. The van der Waals surface area contributed by atoms with Gasteiger partial charge in [0.25, 0.3) is 0 Å². The van der Waals surface area contributed by atoms with E-state index in [1.807, 2.05) is 6.07 Å². The fraction of sp³-hybridized carbons (Fsp3) is 0.571. The lowest BCUT2D eigenvalue weighted by atomic mass is 10.1. The molecule has 0 fully saturated rings. The van der Waals surface area contributed by atoms with E-state index in [2.05, 4.69) is 4.90 Å². The van der Waals surface area contributed by atoms with Gasteiger partial charge in [-0.1, -0.05) is 6.07 Å². The highest BCUT2D eigenvalue weighted by atomic mass is 19.1. The van der Waals surface area contributed by atoms with Crippen molar-refractivity contribution in [3.05, 3.63) is 35.1 Å². The molecule has 0 bridgehead atoms. The smallest absolute Gasteiger partial charge is 0.123 e. The predicted molar refractivity (Wildman–Crippen MR) is 73.3 cm³/mol. The fourth-order valence-electron chi connectivity index (χ4n) is 1.90. The van der Waals surface area contributed by atoms with Crippen LogP contribution >= 0.6 is 0 Å². The maximum Gasteiger partial charge on any atom is 0.123 e. The standard InChI is InChI=1S/C14H23FN2O2/c1-18-5-3-17(4-6-19-2)11-13-7-12(10-16)8-14(15)9-13/h7-9H,3-6,10-11,16H2,1-2H3. The molecule has 2 N–H and O–H groups in total. The first-order valence-corrected chi connectivity index (χ1v) is 6.38. The average Bonchev–Trinajstić information content (AvgIpc) is 2.41. The Hall–Kier alpha value is -1.01. The van der Waals surface area contributed by atoms with Crippen LogP contribution in [-0.2, 0) is 22.6 Å². The number of benzene rings is 1. The largest absolute Gasteiger partial charge is 0.383 e. The molecule has 0 aliphatic rings. The first-order chi connectivity index (χ1) is 9.19. The number of hydrogen-bond acceptors (Lipinski definition) is 4. The summed E-state index contributed by atoms with van der Waals surface area (Å²) in [6, 6.07) is 4.96. The molecule has 0 heterocycles. The van der Waals surface area contributed by atoms with Crippen LogP contribution in [0.4, 0.5) is 4.39 Å². The van der Waals surface area contributed by atoms with E-state index < -0.39 is 0 Å². The van der Waals surface area contributed by atoms with Gasteiger partial charge in [0, 0.05) is 40.4 Å². The van der Waals surface area contributed by atoms with Crippen molar-refractivity contribution in [3.63, 3.8) is 0 Å². The van der Waals surface area contributed by atoms with Gasteiger partial charge >= 0.3 is 0 Å². The molecule has 1 aromatic carbocycles. The molecule has 0 amide bonds. The van der Waals surface area contributed by atoms with Crippen molar-refractivity contribution in [1.29, 1.82) is 0 Å². The van der Waals surface area contributed by atoms with Crippen LogP contribution in [0.1, 0.15) is 11.1 Å². The molecule has 108 valence electrons. The van der Waals surface area contributed by atoms with Gasteiger partial charge in [-0.15, -0.1) is 0 Å². The van der Waals surface area contributed by atoms with Crippen LogP contribution in [0.5, 0.6) is 0 Å². The van der Waals surface area contributed by atoms with Gasteiger partial charge in [0.05, 0.1) is 13.2 Å². The first-order valence-electron chi connectivity index (χ1n) is 6.38. The second kappa shape index (κ2) is 8.98. The number of hydrogen-bond donors (Lipinski definition) is 1. The van der Waals surface area contributed by atoms with Crippen LogP contribution in [0.2, 0.25) is 0 Å². The van der Waals surface area contributed by atoms with E-state index in [0.29, 0.717) is 26.3 Å². The number of halogens is 1. The number of methoxy groups -OCH3 is 2. The summed E-state index contributed by atoms with van der Waals surface area (Å²) >= 11 is 0. The zero-order valence-electron chi connectivity index (χ0n) is 11.7. The molecular formula is C14H23FN2O2. The fourth-order valence-corrected chi connectivity index (χ4v) is 1.90. The Kier molecular flexibility index (Phi) is 7.59. The molecule has 4 nitrogen and oxygen atoms in total. The van der Waals surface area contributed by atoms with Gasteiger partial charge in [0.1, 0.15) is 5.82 Å². The van der Waals surface area contributed by atoms with Crippen LogP contribution in [-0.4, -0.2) is 45.4 Å². The molecule has 0 aliphatic heterocycles. The zero-order chi connectivity index (χ0) is 14.1. The van der Waals surface area contributed by atoms with E-state index in [-0.39, 0.29) is 5.82 Å². The molecule has 0 saturated heterocycles. The minimum Gasteiger partial charge on any atom is -0.383 e. The lowest BCUT2D eigenvalue weighted by Crippen LogP contribution is -2.30. The topological polar surface area (TPSA) is 47.7 Å². The third kappa shape index (κ3) is 6.11. The van der Waals surface area contributed by atoms with Crippen molar-refractivity contribution in [2.24, 2.45) is 5.73 Å². The van der Waals surface area contributed by atoms with Crippen LogP contribution in [0.25, 0.3) is 0 Å². The number of ether oxygens (including phenoxy) is 2. The van der Waals surface area contributed by atoms with E-state index in [0.717, 1.165) is 24.2 Å². The molecule has 0 unspecified atom stereocenters. The average molecular weight is 270 g/mol. The summed E-state index contributed by atoms with van der Waals surface area (Å²) in [6.45, 7) is 3.87. The van der Waals surface area contributed by atoms with Gasteiger partial charge < -0.3 is 15.2 Å². The Balaban J connectivity index is 2.67. The number of rotatable bonds is 9. The first kappa shape index (κ1) is 16.0. The molecule has 0 atom stereocenters. The van der Waals surface area contributed by atoms with Crippen LogP contribution < -0.4 is 5.73 Å². The summed E-state index contributed by atoms with van der Waals surface area (Å²) in [4.78, 5) is 2.17. The summed E-state index contributed by atoms with van der Waals surface area (Å²) in [5, 5.41) is 0. The van der Waals surface area contributed by atoms with Gasteiger partial charge in [-0.05, 0) is 23.3 Å². The van der Waals surface area contributed by atoms with Crippen molar-refractivity contribution >= 4 is 0 Å². The van der Waals surface area contributed by atoms with Crippen molar-refractivity contribution in [2.75, 3.05) is 40.5 Å². The highest BCUT2D eigenvalue weighted by molar-refractivity contribution is 5.24. The summed E-state index contributed by atoms with van der Waals surface area (Å²) in [7, 11) is 3.34. The lowest BCUT2D eigenvalue weighted by Gasteiger charge is -2.22. The highest BCUT2D eigenvalue weighted by Crippen LogP contribution is 2.11. The maximum atomic E-state index is 13.4. The van der Waals surface area contributed by atoms with Gasteiger partial charge in [-0.2, -0.15) is 0 Å². The molecule has 0 radical (unpaired) electrons. The molecular weight excluding hydrogens is 247 g/mol. The summed E-state index contributed by atoms with van der Waals surface area (Å²) in [6.07, 6.45) is 0. The molecule has 0 aromatic heterocycles. The molecule has 19 heavy (non-hydrogen) atoms. The minimum absolute atomic E-state index is 0.239. The number of nitrogens with zero attached hydrogens (tertiary/aromatic N) is 1. The molecule has 0 spiro atoms. The Morgan fingerprint density at radius 2 is 1.63 bits per heavy atom. The maximum absolute atomic E-state index is 13.4. The van der Waals surface area contributed by atoms with E-state index in [9.17, 15) is 4.39 Å². The predicted octanol–water partition coefficient (Wildman–Crippen LogP) is 1.38. The molecule has 1 aromatic rings. The van der Waals surface area contributed by atoms with E-state index in [1.165, 1.54) is 6.07 Å². The van der Waals surface area contributed by atoms with Crippen molar-refractivity contribution in [1.82, 2.24) is 4.90 Å². The lowest BCUT2D eigenvalue weighted by molar-refractivity contribution is 0.110. The van der Waals surface area contributed by atoms with Crippen molar-refractivity contribution < 1.29 is 13.9 Å². The van der Waals surface area contributed by atoms with Crippen LogP contribution in [0, 0.1) is 5.82 Å². The van der Waals surface area contributed by atoms with E-state index in [1.54, 1.807) is 20.3 Å². The van der Waals surface area contributed by atoms with Crippen molar-refractivity contribution in [3.8, 4) is 0 Å². The molecule has 5 heteroatoms. The van der Waals surface area contributed by atoms with E-state index >= 15 is 0 Å². The Morgan fingerprint density at radius 1 is 1.05 bits per heavy atom. The van der Waals surface area contributed by atoms with Crippen molar-refractivity contribution in [2.45, 2.75) is 13.1 Å². The van der Waals surface area contributed by atoms with Gasteiger partial charge in [0.2, 0.25) is 0 Å². The summed E-state index contributed by atoms with van der Waals surface area (Å²) in [5.74, 6) is -0.239. The second-order valence-corrected chi connectivity index (χ2v) is 4.43. The van der Waals surface area contributed by atoms with Gasteiger partial charge in [0.15, 0.2) is 0 Å². The van der Waals surface area contributed by atoms with Gasteiger partial charge in [-0.25, -0.2) is 4.39 Å². The van der Waals surface area contributed by atoms with Gasteiger partial charge in [-0.3, -0.25) is 4.90 Å². The third-order valence-corrected chi connectivity index (χ3v) is 2.88. The zero-order valence-corrected chi connectivity index (χ0v) is 11.7. The second-order valence-electron chi connectivity index (χ2n) is 4.43. The summed E-state index contributed by atoms with van der Waals surface area (Å²) in [5.41, 5.74) is 7.30. The number of nitrogens with two attached hydrogens (primary N) is 1. The third-order valence-electron chi connectivity index (χ3n) is 2.88. The quantitative estimate of drug-likeness (QED) is 0.736. The minimum atomic E-state index is -0.239. The molecule has 0 saturated carbocycles.